The first-order valence-corrected chi connectivity index (χ1v) is 7.01. The summed E-state index contributed by atoms with van der Waals surface area (Å²) in [6, 6.07) is 5.61. The van der Waals surface area contributed by atoms with E-state index in [1.54, 1.807) is 12.0 Å². The zero-order valence-corrected chi connectivity index (χ0v) is 12.3. The maximum Gasteiger partial charge on any atom is 0.414 e. The lowest BCUT2D eigenvalue weighted by Gasteiger charge is -2.38. The Balaban J connectivity index is 2.44. The van der Waals surface area contributed by atoms with Crippen LogP contribution >= 0.6 is 0 Å². The number of methoxy groups -OCH3 is 1. The molecule has 0 aromatic heterocycles. The Bertz CT molecular complexity index is 490. The quantitative estimate of drug-likeness (QED) is 0.923. The first kappa shape index (κ1) is 14.7. The first-order chi connectivity index (χ1) is 9.62. The van der Waals surface area contributed by atoms with E-state index >= 15 is 0 Å². The Morgan fingerprint density at radius 3 is 2.80 bits per heavy atom. The molecule has 5 heteroatoms. The molecule has 1 heterocycles. The summed E-state index contributed by atoms with van der Waals surface area (Å²) in [7, 11) is 1.62. The lowest BCUT2D eigenvalue weighted by atomic mass is 9.90. The van der Waals surface area contributed by atoms with Crippen molar-refractivity contribution >= 4 is 11.8 Å². The molecule has 0 saturated carbocycles. The SMILES string of the molecule is CCOC(=O)N1c2ccc(OC)cc2C(N)CC1CC. The van der Waals surface area contributed by atoms with Gasteiger partial charge < -0.3 is 15.2 Å². The molecule has 2 atom stereocenters. The molecule has 1 aromatic rings. The molecule has 1 aromatic carbocycles. The van der Waals surface area contributed by atoms with E-state index in [-0.39, 0.29) is 18.2 Å². The van der Waals surface area contributed by atoms with Crippen LogP contribution in [0, 0.1) is 0 Å². The van der Waals surface area contributed by atoms with E-state index in [1.165, 1.54) is 0 Å². The first-order valence-electron chi connectivity index (χ1n) is 7.01. The fourth-order valence-electron chi connectivity index (χ4n) is 2.69. The lowest BCUT2D eigenvalue weighted by molar-refractivity contribution is 0.155. The molecule has 2 N–H and O–H groups in total. The summed E-state index contributed by atoms with van der Waals surface area (Å²) in [6.45, 7) is 4.23. The van der Waals surface area contributed by atoms with Crippen LogP contribution in [-0.4, -0.2) is 25.9 Å². The van der Waals surface area contributed by atoms with Crippen molar-refractivity contribution < 1.29 is 14.3 Å². The zero-order chi connectivity index (χ0) is 14.7. The van der Waals surface area contributed by atoms with Crippen LogP contribution in [0.4, 0.5) is 10.5 Å². The van der Waals surface area contributed by atoms with Crippen LogP contribution in [0.5, 0.6) is 5.75 Å². The second-order valence-corrected chi connectivity index (χ2v) is 4.90. The van der Waals surface area contributed by atoms with Gasteiger partial charge in [0.15, 0.2) is 0 Å². The summed E-state index contributed by atoms with van der Waals surface area (Å²) >= 11 is 0. The van der Waals surface area contributed by atoms with Crippen molar-refractivity contribution in [2.24, 2.45) is 5.73 Å². The lowest BCUT2D eigenvalue weighted by Crippen LogP contribution is -2.46. The second-order valence-electron chi connectivity index (χ2n) is 4.90. The molecule has 2 rings (SSSR count). The number of nitrogens with zero attached hydrogens (tertiary/aromatic N) is 1. The fraction of sp³-hybridized carbons (Fsp3) is 0.533. The van der Waals surface area contributed by atoms with Gasteiger partial charge >= 0.3 is 6.09 Å². The van der Waals surface area contributed by atoms with Gasteiger partial charge in [-0.1, -0.05) is 6.92 Å². The van der Waals surface area contributed by atoms with E-state index in [0.29, 0.717) is 6.61 Å². The van der Waals surface area contributed by atoms with Gasteiger partial charge in [-0.2, -0.15) is 0 Å². The van der Waals surface area contributed by atoms with Crippen molar-refractivity contribution in [2.45, 2.75) is 38.8 Å². The van der Waals surface area contributed by atoms with Crippen LogP contribution in [0.2, 0.25) is 0 Å². The minimum absolute atomic E-state index is 0.0740. The molecule has 0 saturated heterocycles. The number of benzene rings is 1. The molecular formula is C15H22N2O3. The summed E-state index contributed by atoms with van der Waals surface area (Å²) in [5.41, 5.74) is 8.00. The predicted octanol–water partition coefficient (Wildman–Crippen LogP) is 2.84. The molecule has 1 aliphatic rings. The number of rotatable bonds is 3. The predicted molar refractivity (Wildman–Crippen MR) is 78.1 cm³/mol. The largest absolute Gasteiger partial charge is 0.497 e. The van der Waals surface area contributed by atoms with E-state index in [4.69, 9.17) is 15.2 Å². The van der Waals surface area contributed by atoms with E-state index in [2.05, 4.69) is 6.92 Å². The van der Waals surface area contributed by atoms with Crippen LogP contribution in [0.1, 0.15) is 38.3 Å². The van der Waals surface area contributed by atoms with Gasteiger partial charge in [-0.25, -0.2) is 4.79 Å². The van der Waals surface area contributed by atoms with Gasteiger partial charge in [0.1, 0.15) is 5.75 Å². The van der Waals surface area contributed by atoms with Crippen molar-refractivity contribution in [1.29, 1.82) is 0 Å². The summed E-state index contributed by atoms with van der Waals surface area (Å²) in [6.07, 6.45) is 1.27. The number of nitrogens with two attached hydrogens (primary N) is 1. The highest BCUT2D eigenvalue weighted by Gasteiger charge is 2.34. The van der Waals surface area contributed by atoms with E-state index in [9.17, 15) is 4.79 Å². The average Bonchev–Trinajstić information content (AvgIpc) is 2.46. The summed E-state index contributed by atoms with van der Waals surface area (Å²) in [4.78, 5) is 13.9. The maximum atomic E-state index is 12.2. The Morgan fingerprint density at radius 1 is 1.45 bits per heavy atom. The summed E-state index contributed by atoms with van der Waals surface area (Å²) in [5.74, 6) is 0.748. The molecule has 0 fully saturated rings. The molecule has 5 nitrogen and oxygen atoms in total. The number of anilines is 1. The molecule has 0 radical (unpaired) electrons. The Morgan fingerprint density at radius 2 is 2.20 bits per heavy atom. The van der Waals surface area contributed by atoms with Gasteiger partial charge in [0.05, 0.1) is 19.4 Å². The third-order valence-electron chi connectivity index (χ3n) is 3.72. The highest BCUT2D eigenvalue weighted by molar-refractivity contribution is 5.90. The fourth-order valence-corrected chi connectivity index (χ4v) is 2.69. The topological polar surface area (TPSA) is 64.8 Å². The Hall–Kier alpha value is -1.75. The van der Waals surface area contributed by atoms with Gasteiger partial charge in [0.25, 0.3) is 0 Å². The van der Waals surface area contributed by atoms with Crippen LogP contribution in [0.15, 0.2) is 18.2 Å². The number of fused-ring (bicyclic) bond motifs is 1. The van der Waals surface area contributed by atoms with E-state index < -0.39 is 0 Å². The molecule has 0 bridgehead atoms. The van der Waals surface area contributed by atoms with Gasteiger partial charge in [-0.05, 0) is 43.5 Å². The van der Waals surface area contributed by atoms with Crippen molar-refractivity contribution in [3.63, 3.8) is 0 Å². The molecule has 1 aliphatic heterocycles. The third kappa shape index (κ3) is 2.58. The Labute approximate surface area is 119 Å². The minimum atomic E-state index is -0.308. The number of hydrogen-bond acceptors (Lipinski definition) is 4. The number of carbonyl (C=O) groups is 1. The molecule has 0 aliphatic carbocycles. The highest BCUT2D eigenvalue weighted by atomic mass is 16.6. The molecule has 1 amide bonds. The number of hydrogen-bond donors (Lipinski definition) is 1. The van der Waals surface area contributed by atoms with Crippen molar-refractivity contribution in [2.75, 3.05) is 18.6 Å². The van der Waals surface area contributed by atoms with Crippen molar-refractivity contribution in [3.8, 4) is 5.75 Å². The average molecular weight is 278 g/mol. The third-order valence-corrected chi connectivity index (χ3v) is 3.72. The van der Waals surface area contributed by atoms with Gasteiger partial charge in [-0.3, -0.25) is 4.90 Å². The number of carbonyl (C=O) groups excluding carboxylic acids is 1. The van der Waals surface area contributed by atoms with E-state index in [0.717, 1.165) is 29.8 Å². The minimum Gasteiger partial charge on any atom is -0.497 e. The zero-order valence-electron chi connectivity index (χ0n) is 12.3. The monoisotopic (exact) mass is 278 g/mol. The standard InChI is InChI=1S/C15H22N2O3/c1-4-10-8-13(16)12-9-11(19-3)6-7-14(12)17(10)15(18)20-5-2/h6-7,9-10,13H,4-5,8,16H2,1-3H3. The molecule has 2 unspecified atom stereocenters. The maximum absolute atomic E-state index is 12.2. The molecule has 110 valence electrons. The number of amides is 1. The van der Waals surface area contributed by atoms with Crippen molar-refractivity contribution in [3.05, 3.63) is 23.8 Å². The van der Waals surface area contributed by atoms with E-state index in [1.807, 2.05) is 25.1 Å². The van der Waals surface area contributed by atoms with Crippen LogP contribution < -0.4 is 15.4 Å². The van der Waals surface area contributed by atoms with Crippen LogP contribution in [0.25, 0.3) is 0 Å². The van der Waals surface area contributed by atoms with Crippen LogP contribution in [-0.2, 0) is 4.74 Å². The summed E-state index contributed by atoms with van der Waals surface area (Å²) in [5, 5.41) is 0. The molecule has 20 heavy (non-hydrogen) atoms. The molecular weight excluding hydrogens is 256 g/mol. The summed E-state index contributed by atoms with van der Waals surface area (Å²) < 4.78 is 10.4. The second kappa shape index (κ2) is 6.13. The smallest absolute Gasteiger partial charge is 0.414 e. The number of ether oxygens (including phenoxy) is 2. The Kier molecular flexibility index (Phi) is 4.49. The van der Waals surface area contributed by atoms with Gasteiger partial charge in [-0.15, -0.1) is 0 Å². The van der Waals surface area contributed by atoms with Crippen LogP contribution in [0.3, 0.4) is 0 Å². The normalized spacial score (nSPS) is 21.3. The van der Waals surface area contributed by atoms with Crippen molar-refractivity contribution in [1.82, 2.24) is 0 Å². The highest BCUT2D eigenvalue weighted by Crippen LogP contribution is 2.39. The molecule has 0 spiro atoms. The van der Waals surface area contributed by atoms with Gasteiger partial charge in [0.2, 0.25) is 0 Å². The van der Waals surface area contributed by atoms with Gasteiger partial charge in [0, 0.05) is 12.1 Å².